The molecule has 23 heavy (non-hydrogen) atoms. The van der Waals surface area contributed by atoms with E-state index < -0.39 is 5.38 Å². The topological polar surface area (TPSA) is 27.6 Å². The summed E-state index contributed by atoms with van der Waals surface area (Å²) in [6.45, 7) is 1.94. The summed E-state index contributed by atoms with van der Waals surface area (Å²) in [5.41, 5.74) is 6.46. The summed E-state index contributed by atoms with van der Waals surface area (Å²) in [5, 5.41) is 1.86. The molecule has 3 rings (SSSR count). The number of aliphatic imine (C=N–C) groups is 1. The molecule has 1 aliphatic rings. The average molecular weight is 350 g/mol. The minimum atomic E-state index is -0.444. The van der Waals surface area contributed by atoms with Crippen molar-refractivity contribution >= 4 is 35.2 Å². The van der Waals surface area contributed by atoms with Crippen LogP contribution in [0.2, 0.25) is 5.02 Å². The van der Waals surface area contributed by atoms with Crippen LogP contribution < -0.4 is 10.4 Å². The molecular formula is C17H14Cl2FN3. The molecule has 0 aromatic heterocycles. The third-order valence-electron chi connectivity index (χ3n) is 3.57. The van der Waals surface area contributed by atoms with E-state index >= 15 is 0 Å². The summed E-state index contributed by atoms with van der Waals surface area (Å²) in [4.78, 5) is 4.06. The van der Waals surface area contributed by atoms with Gasteiger partial charge in [-0.25, -0.2) is 14.4 Å². The van der Waals surface area contributed by atoms with Crippen LogP contribution in [0.5, 0.6) is 0 Å². The predicted octanol–water partition coefficient (Wildman–Crippen LogP) is 4.94. The summed E-state index contributed by atoms with van der Waals surface area (Å²) in [5.74, 6) is -0.292. The van der Waals surface area contributed by atoms with Crippen molar-refractivity contribution in [1.82, 2.24) is 5.43 Å². The maximum absolute atomic E-state index is 13.1. The Hall–Kier alpha value is -2.04. The first kappa shape index (κ1) is 15.8. The Labute approximate surface area is 144 Å². The van der Waals surface area contributed by atoms with Gasteiger partial charge in [-0.15, -0.1) is 11.6 Å². The maximum Gasteiger partial charge on any atom is 0.123 e. The zero-order valence-corrected chi connectivity index (χ0v) is 13.8. The van der Waals surface area contributed by atoms with Gasteiger partial charge < -0.3 is 0 Å². The number of hydrogen-bond acceptors (Lipinski definition) is 3. The van der Waals surface area contributed by atoms with Gasteiger partial charge in [-0.3, -0.25) is 5.43 Å². The predicted molar refractivity (Wildman–Crippen MR) is 93.5 cm³/mol. The largest absolute Gasteiger partial charge is 0.299 e. The summed E-state index contributed by atoms with van der Waals surface area (Å²) in [6, 6.07) is 9.91. The molecule has 2 aromatic carbocycles. The van der Waals surface area contributed by atoms with Crippen molar-refractivity contribution in [2.75, 3.05) is 5.01 Å². The number of nitrogens with one attached hydrogen (secondary N) is 1. The van der Waals surface area contributed by atoms with Gasteiger partial charge in [-0.1, -0.05) is 23.7 Å². The Morgan fingerprint density at radius 2 is 1.96 bits per heavy atom. The summed E-state index contributed by atoms with van der Waals surface area (Å²) in [7, 11) is 0. The van der Waals surface area contributed by atoms with Crippen molar-refractivity contribution < 1.29 is 4.39 Å². The Bertz CT molecular complexity index is 749. The number of halogens is 3. The zero-order valence-electron chi connectivity index (χ0n) is 12.3. The van der Waals surface area contributed by atoms with E-state index in [0.29, 0.717) is 5.02 Å². The van der Waals surface area contributed by atoms with Crippen molar-refractivity contribution in [3.63, 3.8) is 0 Å². The van der Waals surface area contributed by atoms with E-state index in [1.165, 1.54) is 12.1 Å². The van der Waals surface area contributed by atoms with Crippen molar-refractivity contribution in [2.45, 2.75) is 12.3 Å². The molecule has 1 N–H and O–H groups in total. The van der Waals surface area contributed by atoms with Gasteiger partial charge in [-0.2, -0.15) is 0 Å². The van der Waals surface area contributed by atoms with Crippen LogP contribution in [-0.2, 0) is 0 Å². The minimum Gasteiger partial charge on any atom is -0.299 e. The molecule has 1 unspecified atom stereocenters. The van der Waals surface area contributed by atoms with Crippen LogP contribution in [0.4, 0.5) is 10.1 Å². The standard InChI is InChI=1S/C17H14Cl2FN3/c1-11-8-14(23-10-21-6-7-22-23)9-15(18)16(11)17(19)12-2-4-13(20)5-3-12/h2-10,17,22H,1H3. The molecule has 0 fully saturated rings. The van der Waals surface area contributed by atoms with Gasteiger partial charge >= 0.3 is 0 Å². The number of anilines is 1. The van der Waals surface area contributed by atoms with Crippen molar-refractivity contribution in [2.24, 2.45) is 4.99 Å². The Morgan fingerprint density at radius 3 is 2.57 bits per heavy atom. The molecule has 1 heterocycles. The molecule has 0 amide bonds. The van der Waals surface area contributed by atoms with Gasteiger partial charge in [0.2, 0.25) is 0 Å². The number of rotatable bonds is 3. The summed E-state index contributed by atoms with van der Waals surface area (Å²) >= 11 is 13.0. The number of benzene rings is 2. The highest BCUT2D eigenvalue weighted by Gasteiger charge is 2.19. The summed E-state index contributed by atoms with van der Waals surface area (Å²) < 4.78 is 13.1. The zero-order chi connectivity index (χ0) is 16.4. The van der Waals surface area contributed by atoms with E-state index in [1.807, 2.05) is 19.1 Å². The molecule has 1 atom stereocenters. The van der Waals surface area contributed by atoms with Gasteiger partial charge in [-0.05, 0) is 47.9 Å². The number of hydrogen-bond donors (Lipinski definition) is 1. The first-order chi connectivity index (χ1) is 11.1. The molecular weight excluding hydrogens is 336 g/mol. The second-order valence-corrected chi connectivity index (χ2v) is 6.00. The third-order valence-corrected chi connectivity index (χ3v) is 4.35. The fourth-order valence-electron chi connectivity index (χ4n) is 2.43. The van der Waals surface area contributed by atoms with Crippen LogP contribution in [0, 0.1) is 12.7 Å². The van der Waals surface area contributed by atoms with Gasteiger partial charge in [0, 0.05) is 17.4 Å². The molecule has 2 aromatic rings. The van der Waals surface area contributed by atoms with Crippen LogP contribution in [0.3, 0.4) is 0 Å². The van der Waals surface area contributed by atoms with Gasteiger partial charge in [0.1, 0.15) is 12.2 Å². The molecule has 0 saturated carbocycles. The molecule has 3 nitrogen and oxygen atoms in total. The fraction of sp³-hybridized carbons (Fsp3) is 0.118. The monoisotopic (exact) mass is 349 g/mol. The highest BCUT2D eigenvalue weighted by Crippen LogP contribution is 2.38. The smallest absolute Gasteiger partial charge is 0.123 e. The molecule has 118 valence electrons. The summed E-state index contributed by atoms with van der Waals surface area (Å²) in [6.07, 6.45) is 5.03. The Kier molecular flexibility index (Phi) is 4.55. The van der Waals surface area contributed by atoms with E-state index in [9.17, 15) is 4.39 Å². The lowest BCUT2D eigenvalue weighted by Gasteiger charge is -2.23. The highest BCUT2D eigenvalue weighted by atomic mass is 35.5. The number of nitrogens with zero attached hydrogens (tertiary/aromatic N) is 2. The number of aryl methyl sites for hydroxylation is 1. The molecule has 0 aliphatic carbocycles. The molecule has 1 aliphatic heterocycles. The van der Waals surface area contributed by atoms with Crippen LogP contribution in [-0.4, -0.2) is 6.34 Å². The van der Waals surface area contributed by atoms with Crippen molar-refractivity contribution in [1.29, 1.82) is 0 Å². The van der Waals surface area contributed by atoms with Gasteiger partial charge in [0.15, 0.2) is 0 Å². The quantitative estimate of drug-likeness (QED) is 0.794. The maximum atomic E-state index is 13.1. The van der Waals surface area contributed by atoms with Crippen molar-refractivity contribution in [3.8, 4) is 0 Å². The number of hydrazine groups is 1. The van der Waals surface area contributed by atoms with Gasteiger partial charge in [0.05, 0.1) is 11.1 Å². The van der Waals surface area contributed by atoms with E-state index in [-0.39, 0.29) is 5.82 Å². The second kappa shape index (κ2) is 6.60. The molecule has 0 saturated heterocycles. The van der Waals surface area contributed by atoms with Crippen LogP contribution in [0.1, 0.15) is 22.1 Å². The third kappa shape index (κ3) is 3.33. The molecule has 0 bridgehead atoms. The first-order valence-corrected chi connectivity index (χ1v) is 7.81. The minimum absolute atomic E-state index is 0.292. The second-order valence-electron chi connectivity index (χ2n) is 5.15. The molecule has 0 spiro atoms. The number of alkyl halides is 1. The first-order valence-electron chi connectivity index (χ1n) is 6.99. The molecule has 6 heteroatoms. The highest BCUT2D eigenvalue weighted by molar-refractivity contribution is 6.33. The van der Waals surface area contributed by atoms with E-state index in [2.05, 4.69) is 10.4 Å². The fourth-order valence-corrected chi connectivity index (χ4v) is 3.29. The van der Waals surface area contributed by atoms with Crippen LogP contribution in [0.25, 0.3) is 0 Å². The Morgan fingerprint density at radius 1 is 1.22 bits per heavy atom. The van der Waals surface area contributed by atoms with Gasteiger partial charge in [0.25, 0.3) is 0 Å². The van der Waals surface area contributed by atoms with Crippen LogP contribution >= 0.6 is 23.2 Å². The lowest BCUT2D eigenvalue weighted by Crippen LogP contribution is -2.34. The van der Waals surface area contributed by atoms with E-state index in [1.54, 1.807) is 35.9 Å². The van der Waals surface area contributed by atoms with E-state index in [4.69, 9.17) is 23.2 Å². The van der Waals surface area contributed by atoms with E-state index in [0.717, 1.165) is 22.4 Å². The van der Waals surface area contributed by atoms with Crippen LogP contribution in [0.15, 0.2) is 53.8 Å². The normalized spacial score (nSPS) is 14.7. The Balaban J connectivity index is 1.95. The van der Waals surface area contributed by atoms with Crippen molar-refractivity contribution in [3.05, 3.63) is 76.3 Å². The lowest BCUT2D eigenvalue weighted by molar-refractivity contribution is 0.627. The average Bonchev–Trinajstić information content (AvgIpc) is 2.55. The lowest BCUT2D eigenvalue weighted by atomic mass is 9.99. The SMILES string of the molecule is Cc1cc(N2C=NC=CN2)cc(Cl)c1C(Cl)c1ccc(F)cc1. The molecule has 0 radical (unpaired) electrons.